The molecule has 0 spiro atoms. The average Bonchev–Trinajstić information content (AvgIpc) is 3.81. The molecule has 4 aliphatic heterocycles. The van der Waals surface area contributed by atoms with Crippen LogP contribution in [0.3, 0.4) is 0 Å². The monoisotopic (exact) mass is 886 g/mol. The Morgan fingerprint density at radius 2 is 0.984 bits per heavy atom. The molecule has 2 aromatic heterocycles. The van der Waals surface area contributed by atoms with Crippen LogP contribution in [-0.4, -0.2) is 96.2 Å². The van der Waals surface area contributed by atoms with Crippen LogP contribution in [0.15, 0.2) is 83.6 Å². The van der Waals surface area contributed by atoms with Crippen LogP contribution in [0, 0.1) is 0 Å². The molecule has 6 heterocycles. The molecule has 0 unspecified atom stereocenters. The van der Waals surface area contributed by atoms with Crippen LogP contribution in [0.5, 0.6) is 0 Å². The first-order valence-corrected chi connectivity index (χ1v) is 23.9. The van der Waals surface area contributed by atoms with Crippen LogP contribution in [0.2, 0.25) is 0 Å². The van der Waals surface area contributed by atoms with E-state index in [1.165, 1.54) is 67.8 Å². The van der Waals surface area contributed by atoms with E-state index in [1.54, 1.807) is 32.6 Å². The number of benzene rings is 2. The molecule has 0 aliphatic carbocycles. The van der Waals surface area contributed by atoms with E-state index in [0.29, 0.717) is 50.2 Å². The summed E-state index contributed by atoms with van der Waals surface area (Å²) in [4.78, 5) is 56.2. The molecule has 3 amide bonds. The van der Waals surface area contributed by atoms with Gasteiger partial charge in [0.25, 0.3) is 5.91 Å². The maximum atomic E-state index is 12.8. The van der Waals surface area contributed by atoms with Crippen LogP contribution in [0.25, 0.3) is 0 Å². The molecule has 0 bridgehead atoms. The normalized spacial score (nSPS) is 17.4. The number of aromatic carboxylic acids is 1. The molecular weight excluding hydrogens is 821 g/mol. The number of hydrogen-bond donors (Lipinski definition) is 2. The number of thiophene rings is 2. The van der Waals surface area contributed by atoms with Gasteiger partial charge in [-0.2, -0.15) is 0 Å². The van der Waals surface area contributed by atoms with Crippen LogP contribution in [-0.2, 0) is 22.7 Å². The standard InChI is InChI=1S/C24H30N2O3S.C18H19NO4S.C6H13N.CH4/c27-23(25-12-6-1-2-7-13-25)21-16-22(30-18-21)20-10-14-26(15-11-20)24(28)29-17-19-8-4-3-5-9-19;20-17(21)15-10-16(24-12-15)14-6-8-19(9-7-14)18(22)23-11-13-4-2-1-3-5-13;1-2-4-6-7-5-3-1;/h3-5,8-9,16,18,20H,1-2,6-7,10-15,17H2;1-5,10,12,14H,6-9,11H2,(H,20,21);7H,1-6H2;1H4. The highest BCUT2D eigenvalue weighted by Gasteiger charge is 2.28. The van der Waals surface area contributed by atoms with Gasteiger partial charge in [-0.15, -0.1) is 22.7 Å². The van der Waals surface area contributed by atoms with Crippen molar-refractivity contribution in [2.75, 3.05) is 52.4 Å². The molecule has 4 aliphatic rings. The lowest BCUT2D eigenvalue weighted by atomic mass is 9.95. The first-order valence-electron chi connectivity index (χ1n) is 22.2. The Balaban J connectivity index is 0.000000203. The van der Waals surface area contributed by atoms with Gasteiger partial charge in [0, 0.05) is 59.8 Å². The highest BCUT2D eigenvalue weighted by atomic mass is 32.1. The fraction of sp³-hybridized carbons (Fsp3) is 0.510. The second kappa shape index (κ2) is 26.0. The second-order valence-corrected chi connectivity index (χ2v) is 18.1. The molecule has 2 N–H and O–H groups in total. The number of ether oxygens (including phenoxy) is 2. The third kappa shape index (κ3) is 15.3. The second-order valence-electron chi connectivity index (χ2n) is 16.3. The minimum atomic E-state index is -0.889. The van der Waals surface area contributed by atoms with Gasteiger partial charge < -0.3 is 34.6 Å². The zero-order valence-electron chi connectivity index (χ0n) is 35.3. The Bertz CT molecular complexity index is 1910. The summed E-state index contributed by atoms with van der Waals surface area (Å²) in [5.74, 6) is 0.0286. The predicted molar refractivity (Wildman–Crippen MR) is 248 cm³/mol. The lowest BCUT2D eigenvalue weighted by molar-refractivity contribution is 0.0695. The molecule has 8 rings (SSSR count). The van der Waals surface area contributed by atoms with E-state index in [4.69, 9.17) is 14.6 Å². The van der Waals surface area contributed by atoms with Crippen LogP contribution >= 0.6 is 22.7 Å². The summed E-state index contributed by atoms with van der Waals surface area (Å²) in [5.41, 5.74) is 3.16. The van der Waals surface area contributed by atoms with Crippen molar-refractivity contribution < 1.29 is 33.8 Å². The first kappa shape index (κ1) is 48.3. The zero-order valence-corrected chi connectivity index (χ0v) is 37.0. The van der Waals surface area contributed by atoms with Crippen LogP contribution in [0.1, 0.15) is 138 Å². The molecule has 0 saturated carbocycles. The van der Waals surface area contributed by atoms with Crippen molar-refractivity contribution in [1.82, 2.24) is 20.0 Å². The fourth-order valence-corrected chi connectivity index (χ4v) is 10.2. The number of likely N-dealkylation sites (tertiary alicyclic amines) is 3. The molecule has 0 atom stereocenters. The Morgan fingerprint density at radius 1 is 0.565 bits per heavy atom. The number of nitrogens with zero attached hydrogens (tertiary/aromatic N) is 3. The third-order valence-corrected chi connectivity index (χ3v) is 14.0. The average molecular weight is 887 g/mol. The van der Waals surface area contributed by atoms with Gasteiger partial charge in [-0.3, -0.25) is 4.79 Å². The predicted octanol–water partition coefficient (Wildman–Crippen LogP) is 11.0. The molecule has 13 heteroatoms. The number of carboxylic acid groups (broad SMARTS) is 1. The van der Waals surface area contributed by atoms with Gasteiger partial charge in [0.2, 0.25) is 0 Å². The summed E-state index contributed by atoms with van der Waals surface area (Å²) in [5, 5.41) is 16.0. The molecular formula is C49H66N4O7S2. The number of carbonyl (C=O) groups is 4. The Labute approximate surface area is 376 Å². The van der Waals surface area contributed by atoms with E-state index in [-0.39, 0.29) is 32.1 Å². The number of rotatable bonds is 8. The third-order valence-electron chi connectivity index (χ3n) is 11.8. The largest absolute Gasteiger partial charge is 0.478 e. The number of carboxylic acids is 1. The van der Waals surface area contributed by atoms with E-state index < -0.39 is 5.97 Å². The van der Waals surface area contributed by atoms with Gasteiger partial charge in [-0.25, -0.2) is 14.4 Å². The number of amides is 3. The van der Waals surface area contributed by atoms with Gasteiger partial charge in [0.1, 0.15) is 13.2 Å². The molecule has 336 valence electrons. The Kier molecular flexibility index (Phi) is 20.3. The molecule has 11 nitrogen and oxygen atoms in total. The highest BCUT2D eigenvalue weighted by molar-refractivity contribution is 7.10. The quantitative estimate of drug-likeness (QED) is 0.179. The number of hydrogen-bond acceptors (Lipinski definition) is 9. The topological polar surface area (TPSA) is 129 Å². The SMILES string of the molecule is C.C1CCCNCC1.O=C(O)c1csc(C2CCN(C(=O)OCc3ccccc3)CC2)c1.O=C(OCc1ccccc1)N1CCC(c2cc(C(=O)N3CCCCCC3)cs2)CC1. The van der Waals surface area contributed by atoms with Crippen LogP contribution in [0.4, 0.5) is 9.59 Å². The summed E-state index contributed by atoms with van der Waals surface area (Å²) in [6.45, 7) is 7.54. The van der Waals surface area contributed by atoms with E-state index in [0.717, 1.165) is 73.2 Å². The lowest BCUT2D eigenvalue weighted by Crippen LogP contribution is -2.38. The van der Waals surface area contributed by atoms with Gasteiger partial charge >= 0.3 is 18.2 Å². The first-order chi connectivity index (χ1) is 29.8. The smallest absolute Gasteiger partial charge is 0.410 e. The minimum Gasteiger partial charge on any atom is -0.478 e. The summed E-state index contributed by atoms with van der Waals surface area (Å²) < 4.78 is 10.8. The summed E-state index contributed by atoms with van der Waals surface area (Å²) in [6, 6.07) is 23.2. The van der Waals surface area contributed by atoms with Crippen molar-refractivity contribution in [2.45, 2.75) is 110 Å². The van der Waals surface area contributed by atoms with E-state index >= 15 is 0 Å². The maximum absolute atomic E-state index is 12.8. The summed E-state index contributed by atoms with van der Waals surface area (Å²) in [6.07, 6.45) is 13.3. The number of piperidine rings is 2. The van der Waals surface area contributed by atoms with Crippen molar-refractivity contribution >= 4 is 46.7 Å². The van der Waals surface area contributed by atoms with Crippen molar-refractivity contribution in [3.05, 3.63) is 116 Å². The molecule has 4 saturated heterocycles. The van der Waals surface area contributed by atoms with Crippen LogP contribution < -0.4 is 5.32 Å². The van der Waals surface area contributed by atoms with Gasteiger partial charge in [-0.1, -0.05) is 93.8 Å². The van der Waals surface area contributed by atoms with E-state index in [1.807, 2.05) is 70.9 Å². The highest BCUT2D eigenvalue weighted by Crippen LogP contribution is 2.34. The Hall–Kier alpha value is -4.72. The van der Waals surface area contributed by atoms with Gasteiger partial charge in [0.05, 0.1) is 11.1 Å². The minimum absolute atomic E-state index is 0. The van der Waals surface area contributed by atoms with Crippen molar-refractivity contribution in [1.29, 1.82) is 0 Å². The lowest BCUT2D eigenvalue weighted by Gasteiger charge is -2.30. The van der Waals surface area contributed by atoms with Gasteiger partial charge in [-0.05, 0) is 99.6 Å². The van der Waals surface area contributed by atoms with E-state index in [2.05, 4.69) is 11.4 Å². The maximum Gasteiger partial charge on any atom is 0.410 e. The zero-order chi connectivity index (χ0) is 42.7. The van der Waals surface area contributed by atoms with Crippen molar-refractivity contribution in [2.24, 2.45) is 0 Å². The van der Waals surface area contributed by atoms with Crippen molar-refractivity contribution in [3.8, 4) is 0 Å². The fourth-order valence-electron chi connectivity index (χ4n) is 8.11. The number of carbonyl (C=O) groups excluding carboxylic acids is 3. The Morgan fingerprint density at radius 3 is 1.42 bits per heavy atom. The summed E-state index contributed by atoms with van der Waals surface area (Å²) >= 11 is 3.17. The van der Waals surface area contributed by atoms with Crippen molar-refractivity contribution in [3.63, 3.8) is 0 Å². The van der Waals surface area contributed by atoms with E-state index in [9.17, 15) is 19.2 Å². The summed E-state index contributed by atoms with van der Waals surface area (Å²) in [7, 11) is 0. The molecule has 62 heavy (non-hydrogen) atoms. The molecule has 4 aromatic rings. The number of nitrogens with one attached hydrogen (secondary N) is 1. The molecule has 0 radical (unpaired) electrons. The molecule has 4 fully saturated rings. The molecule has 2 aromatic carbocycles. The van der Waals surface area contributed by atoms with Gasteiger partial charge in [0.15, 0.2) is 0 Å².